The van der Waals surface area contributed by atoms with Gasteiger partial charge in [0.2, 0.25) is 12.3 Å². The zero-order valence-electron chi connectivity index (χ0n) is 13.5. The number of piperazine rings is 1. The third-order valence-corrected chi connectivity index (χ3v) is 4.39. The number of benzene rings is 1. The van der Waals surface area contributed by atoms with E-state index in [9.17, 15) is 14.4 Å². The molecule has 0 bridgehead atoms. The van der Waals surface area contributed by atoms with Crippen LogP contribution in [0.5, 0.6) is 0 Å². The quantitative estimate of drug-likeness (QED) is 0.758. The topological polar surface area (TPSA) is 75.5 Å². The van der Waals surface area contributed by atoms with Gasteiger partial charge in [-0.25, -0.2) is 4.98 Å². The normalized spacial score (nSPS) is 14.4. The lowest BCUT2D eigenvalue weighted by molar-refractivity contribution is -0.135. The van der Waals surface area contributed by atoms with Gasteiger partial charge >= 0.3 is 0 Å². The second-order valence-electron chi connectivity index (χ2n) is 5.77. The Labute approximate surface area is 149 Å². The van der Waals surface area contributed by atoms with E-state index in [0.717, 1.165) is 12.0 Å². The Morgan fingerprint density at radius 1 is 1.16 bits per heavy atom. The van der Waals surface area contributed by atoms with Crippen LogP contribution in [-0.2, 0) is 16.1 Å². The first-order chi connectivity index (χ1) is 12.1. The Morgan fingerprint density at radius 3 is 2.44 bits per heavy atom. The highest BCUT2D eigenvalue weighted by atomic mass is 35.5. The maximum absolute atomic E-state index is 12.3. The molecule has 1 aromatic heterocycles. The molecule has 2 amide bonds. The highest BCUT2D eigenvalue weighted by Gasteiger charge is 2.20. The van der Waals surface area contributed by atoms with E-state index in [-0.39, 0.29) is 18.0 Å². The molecule has 3 rings (SSSR count). The van der Waals surface area contributed by atoms with E-state index >= 15 is 0 Å². The molecular weight excluding hydrogens is 344 g/mol. The van der Waals surface area contributed by atoms with E-state index < -0.39 is 0 Å². The summed E-state index contributed by atoms with van der Waals surface area (Å²) in [5.74, 6) is -0.159. The minimum atomic E-state index is -0.292. The van der Waals surface area contributed by atoms with Crippen molar-refractivity contribution in [2.24, 2.45) is 0 Å². The maximum Gasteiger partial charge on any atom is 0.254 e. The van der Waals surface area contributed by atoms with Gasteiger partial charge in [-0.3, -0.25) is 19.0 Å². The van der Waals surface area contributed by atoms with Crippen molar-refractivity contribution in [2.75, 3.05) is 26.2 Å². The van der Waals surface area contributed by atoms with Crippen LogP contribution in [0.15, 0.2) is 41.5 Å². The number of hydrogen-bond donors (Lipinski definition) is 0. The molecule has 0 saturated carbocycles. The van der Waals surface area contributed by atoms with E-state index in [4.69, 9.17) is 11.6 Å². The Bertz CT molecular complexity index is 827. The Kier molecular flexibility index (Phi) is 5.14. The second-order valence-corrected chi connectivity index (χ2v) is 6.21. The van der Waals surface area contributed by atoms with Gasteiger partial charge in [0, 0.05) is 42.8 Å². The van der Waals surface area contributed by atoms with Gasteiger partial charge in [0.05, 0.1) is 12.0 Å². The van der Waals surface area contributed by atoms with E-state index in [1.54, 1.807) is 34.1 Å². The van der Waals surface area contributed by atoms with Gasteiger partial charge in [0.15, 0.2) is 0 Å². The number of hydrogen-bond acceptors (Lipinski definition) is 4. The molecule has 0 atom stereocenters. The molecule has 7 nitrogen and oxygen atoms in total. The van der Waals surface area contributed by atoms with Gasteiger partial charge in [-0.15, -0.1) is 0 Å². The number of carbonyl (C=O) groups is 2. The second kappa shape index (κ2) is 7.48. The summed E-state index contributed by atoms with van der Waals surface area (Å²) in [4.78, 5) is 42.8. The molecule has 130 valence electrons. The fourth-order valence-electron chi connectivity index (χ4n) is 2.65. The van der Waals surface area contributed by atoms with Crippen molar-refractivity contribution in [3.63, 3.8) is 0 Å². The zero-order chi connectivity index (χ0) is 17.8. The molecule has 1 aliphatic heterocycles. The monoisotopic (exact) mass is 360 g/mol. The van der Waals surface area contributed by atoms with Crippen LogP contribution < -0.4 is 5.56 Å². The first-order valence-corrected chi connectivity index (χ1v) is 8.24. The molecule has 0 N–H and O–H groups in total. The number of halogens is 1. The van der Waals surface area contributed by atoms with Crippen LogP contribution in [-0.4, -0.2) is 57.8 Å². The fraction of sp³-hybridized carbons (Fsp3) is 0.294. The summed E-state index contributed by atoms with van der Waals surface area (Å²) < 4.78 is 1.29. The first kappa shape index (κ1) is 17.2. The van der Waals surface area contributed by atoms with Gasteiger partial charge < -0.3 is 9.80 Å². The highest BCUT2D eigenvalue weighted by Crippen LogP contribution is 2.17. The summed E-state index contributed by atoms with van der Waals surface area (Å²) in [7, 11) is 0. The zero-order valence-corrected chi connectivity index (χ0v) is 14.2. The number of amides is 2. The lowest BCUT2D eigenvalue weighted by atomic mass is 10.1. The minimum absolute atomic E-state index is 0.0617. The van der Waals surface area contributed by atoms with Crippen LogP contribution in [0.4, 0.5) is 0 Å². The summed E-state index contributed by atoms with van der Waals surface area (Å²) in [5.41, 5.74) is 1.02. The molecule has 0 unspecified atom stereocenters. The molecule has 2 heterocycles. The third-order valence-electron chi connectivity index (χ3n) is 4.14. The van der Waals surface area contributed by atoms with Crippen molar-refractivity contribution in [3.05, 3.63) is 52.0 Å². The molecule has 1 fully saturated rings. The van der Waals surface area contributed by atoms with Crippen molar-refractivity contribution < 1.29 is 9.59 Å². The Hall–Kier alpha value is -2.67. The van der Waals surface area contributed by atoms with Gasteiger partial charge in [0.1, 0.15) is 6.54 Å². The summed E-state index contributed by atoms with van der Waals surface area (Å²) in [5, 5.41) is 0.609. The highest BCUT2D eigenvalue weighted by molar-refractivity contribution is 6.30. The maximum atomic E-state index is 12.3. The first-order valence-electron chi connectivity index (χ1n) is 7.86. The van der Waals surface area contributed by atoms with Gasteiger partial charge in [-0.05, 0) is 12.1 Å². The van der Waals surface area contributed by atoms with Crippen LogP contribution in [0, 0.1) is 0 Å². The summed E-state index contributed by atoms with van der Waals surface area (Å²) in [6.45, 7) is 1.91. The van der Waals surface area contributed by atoms with Crippen LogP contribution in [0.2, 0.25) is 5.02 Å². The van der Waals surface area contributed by atoms with Crippen LogP contribution in [0.3, 0.4) is 0 Å². The van der Waals surface area contributed by atoms with Gasteiger partial charge in [0.25, 0.3) is 5.56 Å². The molecule has 8 heteroatoms. The molecule has 1 aliphatic rings. The molecule has 0 radical (unpaired) electrons. The number of rotatable bonds is 4. The average Bonchev–Trinajstić information content (AvgIpc) is 2.64. The van der Waals surface area contributed by atoms with Crippen molar-refractivity contribution in [2.45, 2.75) is 6.54 Å². The predicted octanol–water partition coefficient (Wildman–Crippen LogP) is 0.864. The van der Waals surface area contributed by atoms with Crippen LogP contribution in [0.25, 0.3) is 11.3 Å². The number of carbonyl (C=O) groups excluding carboxylic acids is 2. The minimum Gasteiger partial charge on any atom is -0.342 e. The predicted molar refractivity (Wildman–Crippen MR) is 93.2 cm³/mol. The Morgan fingerprint density at radius 2 is 1.84 bits per heavy atom. The van der Waals surface area contributed by atoms with Gasteiger partial charge in [-0.1, -0.05) is 23.7 Å². The largest absolute Gasteiger partial charge is 0.342 e. The summed E-state index contributed by atoms with van der Waals surface area (Å²) >= 11 is 5.85. The summed E-state index contributed by atoms with van der Waals surface area (Å²) in [6, 6.07) is 8.43. The smallest absolute Gasteiger partial charge is 0.254 e. The SMILES string of the molecule is O=CN1CCN(C(=O)Cn2cnc(-c3ccc(Cl)cc3)cc2=O)CC1. The van der Waals surface area contributed by atoms with E-state index in [0.29, 0.717) is 36.9 Å². The van der Waals surface area contributed by atoms with Crippen molar-refractivity contribution in [1.82, 2.24) is 19.4 Å². The molecule has 2 aromatic rings. The molecule has 0 spiro atoms. The van der Waals surface area contributed by atoms with E-state index in [2.05, 4.69) is 4.98 Å². The number of aromatic nitrogens is 2. The van der Waals surface area contributed by atoms with Crippen molar-refractivity contribution in [1.29, 1.82) is 0 Å². The standard InChI is InChI=1S/C17H17ClN4O3/c18-14-3-1-13(2-4-14)15-9-16(24)22(11-19-15)10-17(25)21-7-5-20(12-23)6-8-21/h1-4,9,11-12H,5-8,10H2. The van der Waals surface area contributed by atoms with E-state index in [1.807, 2.05) is 0 Å². The summed E-state index contributed by atoms with van der Waals surface area (Å²) in [6.07, 6.45) is 2.16. The fourth-order valence-corrected chi connectivity index (χ4v) is 2.77. The lowest BCUT2D eigenvalue weighted by Gasteiger charge is -2.32. The van der Waals surface area contributed by atoms with Crippen LogP contribution in [0.1, 0.15) is 0 Å². The number of nitrogens with zero attached hydrogens (tertiary/aromatic N) is 4. The van der Waals surface area contributed by atoms with Crippen molar-refractivity contribution >= 4 is 23.9 Å². The lowest BCUT2D eigenvalue weighted by Crippen LogP contribution is -2.49. The molecular formula is C17H17ClN4O3. The third kappa shape index (κ3) is 4.06. The molecule has 1 saturated heterocycles. The van der Waals surface area contributed by atoms with Gasteiger partial charge in [-0.2, -0.15) is 0 Å². The average molecular weight is 361 g/mol. The molecule has 1 aromatic carbocycles. The van der Waals surface area contributed by atoms with Crippen molar-refractivity contribution in [3.8, 4) is 11.3 Å². The van der Waals surface area contributed by atoms with E-state index in [1.165, 1.54) is 17.0 Å². The molecule has 25 heavy (non-hydrogen) atoms. The Balaban J connectivity index is 1.69. The molecule has 0 aliphatic carbocycles. The van der Waals surface area contributed by atoms with Crippen LogP contribution >= 0.6 is 11.6 Å².